The Hall–Kier alpha value is -1.83. The minimum atomic E-state index is 0.903. The molecule has 2 heteroatoms. The van der Waals surface area contributed by atoms with Crippen LogP contribution in [0.25, 0.3) is 0 Å². The second-order valence-corrected chi connectivity index (χ2v) is 4.19. The third-order valence-corrected chi connectivity index (χ3v) is 2.67. The molecule has 18 heavy (non-hydrogen) atoms. The quantitative estimate of drug-likeness (QED) is 0.407. The van der Waals surface area contributed by atoms with Crippen molar-refractivity contribution >= 4 is 6.21 Å². The number of hydrogen-bond acceptors (Lipinski definition) is 2. The predicted molar refractivity (Wildman–Crippen MR) is 79.1 cm³/mol. The van der Waals surface area contributed by atoms with E-state index in [2.05, 4.69) is 35.6 Å². The fraction of sp³-hybridized carbons (Fsp3) is 0.312. The molecule has 0 aliphatic rings. The first-order valence-electron chi connectivity index (χ1n) is 6.47. The molecule has 0 aliphatic heterocycles. The lowest BCUT2D eigenvalue weighted by Crippen LogP contribution is -2.08. The van der Waals surface area contributed by atoms with Crippen molar-refractivity contribution in [2.45, 2.75) is 26.2 Å². The molecule has 0 aliphatic carbocycles. The van der Waals surface area contributed by atoms with Gasteiger partial charge in [-0.25, -0.2) is 0 Å². The molecule has 0 atom stereocenters. The predicted octanol–water partition coefficient (Wildman–Crippen LogP) is 3.71. The maximum absolute atomic E-state index is 7.21. The van der Waals surface area contributed by atoms with E-state index in [-0.39, 0.29) is 0 Å². The van der Waals surface area contributed by atoms with Crippen LogP contribution in [0.1, 0.15) is 25.3 Å². The molecule has 0 spiro atoms. The Bertz CT molecular complexity index is 391. The first kappa shape index (κ1) is 14.2. The Kier molecular flexibility index (Phi) is 7.29. The van der Waals surface area contributed by atoms with Gasteiger partial charge in [-0.15, -0.1) is 0 Å². The van der Waals surface area contributed by atoms with Crippen molar-refractivity contribution < 1.29 is 0 Å². The van der Waals surface area contributed by atoms with Crippen LogP contribution in [0.4, 0.5) is 0 Å². The van der Waals surface area contributed by atoms with Crippen molar-refractivity contribution in [3.8, 4) is 0 Å². The lowest BCUT2D eigenvalue weighted by Gasteiger charge is -2.03. The minimum absolute atomic E-state index is 0.903. The van der Waals surface area contributed by atoms with Gasteiger partial charge in [0, 0.05) is 24.5 Å². The number of hydrogen-bond donors (Lipinski definition) is 2. The lowest BCUT2D eigenvalue weighted by molar-refractivity contribution is 0.694. The van der Waals surface area contributed by atoms with Crippen LogP contribution in [-0.2, 0) is 6.42 Å². The SMILES string of the molecule is C/C=C/C(C=N)=C/NCCCCc1ccccc1. The number of rotatable bonds is 8. The zero-order chi connectivity index (χ0) is 13.1. The lowest BCUT2D eigenvalue weighted by atomic mass is 10.1. The summed E-state index contributed by atoms with van der Waals surface area (Å²) in [6.07, 6.45) is 10.6. The summed E-state index contributed by atoms with van der Waals surface area (Å²) in [4.78, 5) is 0. The summed E-state index contributed by atoms with van der Waals surface area (Å²) in [6.45, 7) is 2.92. The average Bonchev–Trinajstić information content (AvgIpc) is 2.42. The topological polar surface area (TPSA) is 35.9 Å². The van der Waals surface area contributed by atoms with E-state index in [0.29, 0.717) is 0 Å². The second-order valence-electron chi connectivity index (χ2n) is 4.19. The normalized spacial score (nSPS) is 11.7. The largest absolute Gasteiger partial charge is 0.390 e. The van der Waals surface area contributed by atoms with Crippen LogP contribution in [0.5, 0.6) is 0 Å². The first-order chi connectivity index (χ1) is 8.86. The third-order valence-electron chi connectivity index (χ3n) is 2.67. The van der Waals surface area contributed by atoms with E-state index < -0.39 is 0 Å². The van der Waals surface area contributed by atoms with Gasteiger partial charge in [-0.3, -0.25) is 0 Å². The van der Waals surface area contributed by atoms with E-state index in [1.54, 1.807) is 0 Å². The molecule has 1 aromatic rings. The maximum atomic E-state index is 7.21. The zero-order valence-electron chi connectivity index (χ0n) is 11.0. The molecule has 1 aromatic carbocycles. The van der Waals surface area contributed by atoms with Crippen molar-refractivity contribution in [1.82, 2.24) is 5.32 Å². The van der Waals surface area contributed by atoms with Gasteiger partial charge >= 0.3 is 0 Å². The Morgan fingerprint density at radius 1 is 1.22 bits per heavy atom. The van der Waals surface area contributed by atoms with Gasteiger partial charge in [-0.05, 0) is 31.7 Å². The van der Waals surface area contributed by atoms with Crippen LogP contribution < -0.4 is 5.32 Å². The number of aryl methyl sites for hydroxylation is 1. The maximum Gasteiger partial charge on any atom is 0.0264 e. The zero-order valence-corrected chi connectivity index (χ0v) is 11.0. The highest BCUT2D eigenvalue weighted by Crippen LogP contribution is 2.03. The number of benzene rings is 1. The highest BCUT2D eigenvalue weighted by Gasteiger charge is 1.91. The van der Waals surface area contributed by atoms with Gasteiger partial charge in [0.25, 0.3) is 0 Å². The summed E-state index contributed by atoms with van der Waals surface area (Å²) in [5.74, 6) is 0. The van der Waals surface area contributed by atoms with Crippen LogP contribution in [0.15, 0.2) is 54.3 Å². The Morgan fingerprint density at radius 3 is 2.67 bits per heavy atom. The molecular formula is C16H22N2. The van der Waals surface area contributed by atoms with Gasteiger partial charge in [0.1, 0.15) is 0 Å². The van der Waals surface area contributed by atoms with Gasteiger partial charge in [-0.2, -0.15) is 0 Å². The highest BCUT2D eigenvalue weighted by atomic mass is 14.8. The van der Waals surface area contributed by atoms with Crippen molar-refractivity contribution in [3.05, 3.63) is 59.8 Å². The molecule has 0 unspecified atom stereocenters. The van der Waals surface area contributed by atoms with Gasteiger partial charge in [0.05, 0.1) is 0 Å². The van der Waals surface area contributed by atoms with E-state index in [9.17, 15) is 0 Å². The molecule has 0 amide bonds. The fourth-order valence-corrected chi connectivity index (χ4v) is 1.72. The molecule has 0 aromatic heterocycles. The summed E-state index contributed by atoms with van der Waals surface area (Å²) < 4.78 is 0. The molecule has 0 fully saturated rings. The van der Waals surface area contributed by atoms with E-state index in [4.69, 9.17) is 5.41 Å². The summed E-state index contributed by atoms with van der Waals surface area (Å²) in [6, 6.07) is 10.6. The van der Waals surface area contributed by atoms with Crippen LogP contribution in [-0.4, -0.2) is 12.8 Å². The Balaban J connectivity index is 2.14. The van der Waals surface area contributed by atoms with Gasteiger partial charge < -0.3 is 10.7 Å². The molecule has 0 heterocycles. The second kappa shape index (κ2) is 9.23. The van der Waals surface area contributed by atoms with E-state index in [1.807, 2.05) is 25.3 Å². The van der Waals surface area contributed by atoms with E-state index >= 15 is 0 Å². The molecule has 0 saturated carbocycles. The number of nitrogens with one attached hydrogen (secondary N) is 2. The van der Waals surface area contributed by atoms with Gasteiger partial charge in [-0.1, -0.05) is 42.5 Å². The van der Waals surface area contributed by atoms with Crippen LogP contribution in [0.2, 0.25) is 0 Å². The molecule has 2 nitrogen and oxygen atoms in total. The molecule has 1 rings (SSSR count). The summed E-state index contributed by atoms with van der Waals surface area (Å²) in [7, 11) is 0. The Labute approximate surface area is 110 Å². The van der Waals surface area contributed by atoms with Crippen molar-refractivity contribution in [3.63, 3.8) is 0 Å². The standard InChI is InChI=1S/C16H22N2/c1-2-8-16(13-17)14-18-12-7-6-11-15-9-4-3-5-10-15/h2-5,8-10,13-14,17-18H,6-7,11-12H2,1H3/b8-2+,16-14-,17-13?. The summed E-state index contributed by atoms with van der Waals surface area (Å²) >= 11 is 0. The average molecular weight is 242 g/mol. The van der Waals surface area contributed by atoms with Gasteiger partial charge in [0.15, 0.2) is 0 Å². The monoisotopic (exact) mass is 242 g/mol. The van der Waals surface area contributed by atoms with Crippen molar-refractivity contribution in [1.29, 1.82) is 5.41 Å². The molecule has 0 saturated heterocycles. The third kappa shape index (κ3) is 6.04. The molecule has 2 N–H and O–H groups in total. The number of unbranched alkanes of at least 4 members (excludes halogenated alkanes) is 1. The first-order valence-corrected chi connectivity index (χ1v) is 6.47. The summed E-state index contributed by atoms with van der Waals surface area (Å²) in [5, 5.41) is 10.5. The highest BCUT2D eigenvalue weighted by molar-refractivity contribution is 5.79. The van der Waals surface area contributed by atoms with Crippen LogP contribution in [0, 0.1) is 5.41 Å². The Morgan fingerprint density at radius 2 is 2.00 bits per heavy atom. The van der Waals surface area contributed by atoms with Crippen molar-refractivity contribution in [2.24, 2.45) is 0 Å². The molecule has 96 valence electrons. The van der Waals surface area contributed by atoms with E-state index in [0.717, 1.165) is 25.0 Å². The molecular weight excluding hydrogens is 220 g/mol. The summed E-state index contributed by atoms with van der Waals surface area (Å²) in [5.41, 5.74) is 2.31. The van der Waals surface area contributed by atoms with Gasteiger partial charge in [0.2, 0.25) is 0 Å². The minimum Gasteiger partial charge on any atom is -0.390 e. The molecule has 0 radical (unpaired) electrons. The molecule has 0 bridgehead atoms. The smallest absolute Gasteiger partial charge is 0.0264 e. The number of allylic oxidation sites excluding steroid dienone is 3. The van der Waals surface area contributed by atoms with Crippen LogP contribution in [0.3, 0.4) is 0 Å². The van der Waals surface area contributed by atoms with E-state index in [1.165, 1.54) is 18.2 Å². The fourth-order valence-electron chi connectivity index (χ4n) is 1.72. The van der Waals surface area contributed by atoms with Crippen LogP contribution >= 0.6 is 0 Å². The van der Waals surface area contributed by atoms with Crippen molar-refractivity contribution in [2.75, 3.05) is 6.54 Å².